The van der Waals surface area contributed by atoms with E-state index in [1.54, 1.807) is 54.6 Å². The summed E-state index contributed by atoms with van der Waals surface area (Å²) >= 11 is 0. The summed E-state index contributed by atoms with van der Waals surface area (Å²) in [7, 11) is 0. The first-order valence-electron chi connectivity index (χ1n) is 8.76. The Balaban J connectivity index is 1.88. The van der Waals surface area contributed by atoms with Gasteiger partial charge in [0.25, 0.3) is 0 Å². The van der Waals surface area contributed by atoms with Gasteiger partial charge in [0, 0.05) is 30.0 Å². The van der Waals surface area contributed by atoms with Crippen LogP contribution in [0, 0.1) is 0 Å². The zero-order valence-corrected chi connectivity index (χ0v) is 15.3. The standard InChI is InChI=1S/C21H20N4O3/c1-13(26)23-16-6-7-18-14(11-16)5-8-19(21(18)28)25-24-17-4-2-3-15(12-17)20(27)9-10-22/h2-8,11-12,28H,9-10,22H2,1H3,(H,23,26). The molecular weight excluding hydrogens is 356 g/mol. The number of amides is 1. The minimum Gasteiger partial charge on any atom is -0.505 e. The molecule has 1 amide bonds. The van der Waals surface area contributed by atoms with Crippen LogP contribution in [-0.4, -0.2) is 23.3 Å². The molecule has 0 aliphatic carbocycles. The fourth-order valence-electron chi connectivity index (χ4n) is 2.79. The normalized spacial score (nSPS) is 11.1. The molecule has 0 aliphatic rings. The van der Waals surface area contributed by atoms with E-state index in [9.17, 15) is 14.7 Å². The van der Waals surface area contributed by atoms with Crippen molar-refractivity contribution in [2.45, 2.75) is 13.3 Å². The van der Waals surface area contributed by atoms with E-state index in [0.717, 1.165) is 5.39 Å². The lowest BCUT2D eigenvalue weighted by Gasteiger charge is -2.07. The molecule has 0 aromatic heterocycles. The second-order valence-electron chi connectivity index (χ2n) is 6.26. The van der Waals surface area contributed by atoms with Crippen molar-refractivity contribution in [2.24, 2.45) is 16.0 Å². The Morgan fingerprint density at radius 1 is 1.07 bits per heavy atom. The number of rotatable bonds is 6. The summed E-state index contributed by atoms with van der Waals surface area (Å²) in [5.74, 6) is -0.227. The molecule has 3 aromatic rings. The largest absolute Gasteiger partial charge is 0.505 e. The van der Waals surface area contributed by atoms with Crippen molar-refractivity contribution < 1.29 is 14.7 Å². The van der Waals surface area contributed by atoms with Crippen LogP contribution in [0.2, 0.25) is 0 Å². The van der Waals surface area contributed by atoms with E-state index >= 15 is 0 Å². The van der Waals surface area contributed by atoms with Gasteiger partial charge in [-0.1, -0.05) is 18.2 Å². The third kappa shape index (κ3) is 4.39. The summed E-state index contributed by atoms with van der Waals surface area (Å²) < 4.78 is 0. The van der Waals surface area contributed by atoms with Gasteiger partial charge in [-0.2, -0.15) is 5.11 Å². The van der Waals surface area contributed by atoms with Gasteiger partial charge < -0.3 is 16.2 Å². The topological polar surface area (TPSA) is 117 Å². The number of hydrogen-bond acceptors (Lipinski definition) is 6. The molecule has 0 heterocycles. The van der Waals surface area contributed by atoms with Crippen LogP contribution in [0.15, 0.2) is 64.8 Å². The van der Waals surface area contributed by atoms with Crippen LogP contribution in [0.3, 0.4) is 0 Å². The van der Waals surface area contributed by atoms with Crippen LogP contribution in [0.5, 0.6) is 5.75 Å². The highest BCUT2D eigenvalue weighted by molar-refractivity contribution is 5.98. The average Bonchev–Trinajstić information content (AvgIpc) is 2.67. The number of benzene rings is 3. The Morgan fingerprint density at radius 2 is 1.89 bits per heavy atom. The lowest BCUT2D eigenvalue weighted by atomic mass is 10.1. The number of ketones is 1. The summed E-state index contributed by atoms with van der Waals surface area (Å²) in [6.45, 7) is 1.73. The molecule has 0 unspecified atom stereocenters. The Hall–Kier alpha value is -3.58. The van der Waals surface area contributed by atoms with Crippen LogP contribution in [0.25, 0.3) is 10.8 Å². The molecule has 142 valence electrons. The summed E-state index contributed by atoms with van der Waals surface area (Å²) in [4.78, 5) is 23.1. The quantitative estimate of drug-likeness (QED) is 0.435. The van der Waals surface area contributed by atoms with Crippen molar-refractivity contribution in [2.75, 3.05) is 11.9 Å². The Labute approximate surface area is 161 Å². The summed E-state index contributed by atoms with van der Waals surface area (Å²) in [5.41, 5.74) is 7.40. The third-order valence-electron chi connectivity index (χ3n) is 4.10. The van der Waals surface area contributed by atoms with E-state index < -0.39 is 0 Å². The fraction of sp³-hybridized carbons (Fsp3) is 0.143. The van der Waals surface area contributed by atoms with E-state index in [-0.39, 0.29) is 23.9 Å². The molecule has 3 rings (SSSR count). The maximum Gasteiger partial charge on any atom is 0.221 e. The number of nitrogens with one attached hydrogen (secondary N) is 1. The number of aromatic hydroxyl groups is 1. The molecule has 0 saturated carbocycles. The second kappa shape index (κ2) is 8.41. The number of fused-ring (bicyclic) bond motifs is 1. The second-order valence-corrected chi connectivity index (χ2v) is 6.26. The van der Waals surface area contributed by atoms with Crippen LogP contribution >= 0.6 is 0 Å². The van der Waals surface area contributed by atoms with Crippen molar-refractivity contribution in [3.05, 3.63) is 60.2 Å². The van der Waals surface area contributed by atoms with Crippen LogP contribution < -0.4 is 11.1 Å². The molecule has 0 atom stereocenters. The molecular formula is C21H20N4O3. The van der Waals surface area contributed by atoms with Gasteiger partial charge >= 0.3 is 0 Å². The van der Waals surface area contributed by atoms with E-state index in [4.69, 9.17) is 5.73 Å². The minimum atomic E-state index is -0.166. The molecule has 28 heavy (non-hydrogen) atoms. The van der Waals surface area contributed by atoms with Crippen molar-refractivity contribution >= 4 is 39.5 Å². The van der Waals surface area contributed by atoms with Gasteiger partial charge in [-0.05, 0) is 48.3 Å². The van der Waals surface area contributed by atoms with Gasteiger partial charge in [0.2, 0.25) is 5.91 Å². The van der Waals surface area contributed by atoms with Gasteiger partial charge in [0.1, 0.15) is 5.69 Å². The number of nitrogens with zero attached hydrogens (tertiary/aromatic N) is 2. The average molecular weight is 376 g/mol. The maximum absolute atomic E-state index is 11.9. The van der Waals surface area contributed by atoms with Gasteiger partial charge in [0.05, 0.1) is 5.69 Å². The van der Waals surface area contributed by atoms with Gasteiger partial charge in [0.15, 0.2) is 11.5 Å². The van der Waals surface area contributed by atoms with Gasteiger partial charge in [-0.3, -0.25) is 9.59 Å². The Kier molecular flexibility index (Phi) is 5.76. The van der Waals surface area contributed by atoms with E-state index in [2.05, 4.69) is 15.5 Å². The maximum atomic E-state index is 11.9. The number of carbonyl (C=O) groups excluding carboxylic acids is 2. The summed E-state index contributed by atoms with van der Waals surface area (Å²) in [5, 5.41) is 22.8. The number of hydrogen-bond donors (Lipinski definition) is 3. The smallest absolute Gasteiger partial charge is 0.221 e. The Bertz CT molecular complexity index is 1080. The number of nitrogens with two attached hydrogens (primary N) is 1. The molecule has 0 fully saturated rings. The highest BCUT2D eigenvalue weighted by Gasteiger charge is 2.08. The molecule has 0 spiro atoms. The predicted octanol–water partition coefficient (Wildman–Crippen LogP) is 4.45. The predicted molar refractivity (Wildman–Crippen MR) is 109 cm³/mol. The number of phenolic OH excluding ortho intramolecular Hbond substituents is 1. The molecule has 3 aromatic carbocycles. The number of azo groups is 1. The number of phenols is 1. The van der Waals surface area contributed by atoms with Crippen LogP contribution in [-0.2, 0) is 4.79 Å². The van der Waals surface area contributed by atoms with Gasteiger partial charge in [-0.25, -0.2) is 0 Å². The van der Waals surface area contributed by atoms with E-state index in [1.165, 1.54) is 6.92 Å². The SMILES string of the molecule is CC(=O)Nc1ccc2c(O)c(N=Nc3cccc(C(=O)CCN)c3)ccc2c1. The highest BCUT2D eigenvalue weighted by atomic mass is 16.3. The molecule has 0 saturated heterocycles. The highest BCUT2D eigenvalue weighted by Crippen LogP contribution is 2.36. The molecule has 0 aliphatic heterocycles. The molecule has 0 bridgehead atoms. The Morgan fingerprint density at radius 3 is 2.64 bits per heavy atom. The fourth-order valence-corrected chi connectivity index (χ4v) is 2.79. The van der Waals surface area contributed by atoms with Crippen molar-refractivity contribution in [3.63, 3.8) is 0 Å². The lowest BCUT2D eigenvalue weighted by Crippen LogP contribution is -2.07. The molecule has 7 heteroatoms. The third-order valence-corrected chi connectivity index (χ3v) is 4.10. The monoisotopic (exact) mass is 376 g/mol. The van der Waals surface area contributed by atoms with Crippen LogP contribution in [0.1, 0.15) is 23.7 Å². The minimum absolute atomic E-state index is 0.00834. The number of anilines is 1. The first-order chi connectivity index (χ1) is 13.5. The summed E-state index contributed by atoms with van der Waals surface area (Å²) in [6.07, 6.45) is 0.270. The number of Topliss-reactive ketones (excluding diaryl/α,β-unsaturated/α-hetero) is 1. The molecule has 0 radical (unpaired) electrons. The zero-order valence-electron chi connectivity index (χ0n) is 15.3. The van der Waals surface area contributed by atoms with E-state index in [1.807, 2.05) is 0 Å². The van der Waals surface area contributed by atoms with E-state index in [0.29, 0.717) is 34.6 Å². The van der Waals surface area contributed by atoms with Crippen molar-refractivity contribution in [3.8, 4) is 5.75 Å². The lowest BCUT2D eigenvalue weighted by molar-refractivity contribution is -0.114. The number of carbonyl (C=O) groups is 2. The first-order valence-corrected chi connectivity index (χ1v) is 8.76. The zero-order chi connectivity index (χ0) is 20.1. The first kappa shape index (κ1) is 19.2. The van der Waals surface area contributed by atoms with Gasteiger partial charge in [-0.15, -0.1) is 5.11 Å². The molecule has 4 N–H and O–H groups in total. The van der Waals surface area contributed by atoms with Crippen molar-refractivity contribution in [1.29, 1.82) is 0 Å². The molecule has 7 nitrogen and oxygen atoms in total. The van der Waals surface area contributed by atoms with Crippen LogP contribution in [0.4, 0.5) is 17.1 Å². The summed E-state index contributed by atoms with van der Waals surface area (Å²) in [6, 6.07) is 15.4. The van der Waals surface area contributed by atoms with Crippen molar-refractivity contribution in [1.82, 2.24) is 0 Å².